The van der Waals surface area contributed by atoms with Gasteiger partial charge in [0.05, 0.1) is 13.2 Å². The molecule has 0 spiro atoms. The van der Waals surface area contributed by atoms with Crippen molar-refractivity contribution >= 4 is 5.91 Å². The van der Waals surface area contributed by atoms with Gasteiger partial charge in [-0.3, -0.25) is 9.48 Å². The van der Waals surface area contributed by atoms with Crippen LogP contribution in [0.25, 0.3) is 0 Å². The molecule has 1 saturated heterocycles. The smallest absolute Gasteiger partial charge is 0.275 e. The second-order valence-electron chi connectivity index (χ2n) is 5.50. The first-order valence-electron chi connectivity index (χ1n) is 7.62. The number of aromatic nitrogens is 4. The predicted octanol–water partition coefficient (Wildman–Crippen LogP) is 1.54. The molecule has 1 fully saturated rings. The molecule has 2 aromatic rings. The first-order valence-corrected chi connectivity index (χ1v) is 7.62. The van der Waals surface area contributed by atoms with E-state index in [0.717, 1.165) is 24.5 Å². The van der Waals surface area contributed by atoms with Crippen LogP contribution in [0.4, 0.5) is 0 Å². The molecular formula is C15H21N5O2. The highest BCUT2D eigenvalue weighted by Gasteiger charge is 2.32. The molecule has 0 bridgehead atoms. The molecule has 0 saturated carbocycles. The molecule has 1 aliphatic heterocycles. The van der Waals surface area contributed by atoms with Gasteiger partial charge in [-0.05, 0) is 19.4 Å². The van der Waals surface area contributed by atoms with Gasteiger partial charge in [0.15, 0.2) is 0 Å². The maximum absolute atomic E-state index is 12.8. The highest BCUT2D eigenvalue weighted by atomic mass is 16.5. The zero-order valence-corrected chi connectivity index (χ0v) is 13.0. The summed E-state index contributed by atoms with van der Waals surface area (Å²) in [5.74, 6) is 0.691. The summed E-state index contributed by atoms with van der Waals surface area (Å²) in [4.78, 5) is 22.1. The minimum atomic E-state index is -0.189. The number of nitrogens with zero attached hydrogens (tertiary/aromatic N) is 4. The molecule has 0 aliphatic carbocycles. The Kier molecular flexibility index (Phi) is 4.24. The third kappa shape index (κ3) is 2.89. The molecule has 1 atom stereocenters. The van der Waals surface area contributed by atoms with Crippen molar-refractivity contribution in [3.63, 3.8) is 0 Å². The summed E-state index contributed by atoms with van der Waals surface area (Å²) < 4.78 is 7.33. The first kappa shape index (κ1) is 14.8. The van der Waals surface area contributed by atoms with Crippen molar-refractivity contribution in [1.29, 1.82) is 0 Å². The number of nitrogens with one attached hydrogen (secondary N) is 1. The minimum absolute atomic E-state index is 0.0720. The van der Waals surface area contributed by atoms with Crippen molar-refractivity contribution in [2.45, 2.75) is 32.9 Å². The van der Waals surface area contributed by atoms with Gasteiger partial charge in [0.25, 0.3) is 5.91 Å². The molecule has 2 aromatic heterocycles. The average Bonchev–Trinajstić information content (AvgIpc) is 3.16. The van der Waals surface area contributed by atoms with Crippen molar-refractivity contribution < 1.29 is 9.53 Å². The summed E-state index contributed by atoms with van der Waals surface area (Å²) in [5, 5.41) is 4.36. The Bertz CT molecular complexity index is 648. The van der Waals surface area contributed by atoms with E-state index in [4.69, 9.17) is 4.74 Å². The largest absolute Gasteiger partial charge is 0.377 e. The van der Waals surface area contributed by atoms with Gasteiger partial charge in [0, 0.05) is 31.2 Å². The van der Waals surface area contributed by atoms with Gasteiger partial charge in [-0.1, -0.05) is 6.92 Å². The summed E-state index contributed by atoms with van der Waals surface area (Å²) >= 11 is 0. The standard InChI is InChI=1S/C15H21N5O2/c1-3-5-19-6-4-12(18-19)15(21)20-7-8-22-10-13(20)14-16-9-11(2)17-14/h4,6,9,13H,3,5,7-8,10H2,1-2H3,(H,16,17)/t13-/m1/s1. The molecule has 0 aromatic carbocycles. The molecule has 1 amide bonds. The number of aryl methyl sites for hydroxylation is 2. The number of carbonyl (C=O) groups excluding carboxylic acids is 1. The number of rotatable bonds is 4. The Balaban J connectivity index is 1.81. The Morgan fingerprint density at radius 3 is 3.14 bits per heavy atom. The monoisotopic (exact) mass is 303 g/mol. The van der Waals surface area contributed by atoms with Crippen LogP contribution in [0.3, 0.4) is 0 Å². The molecule has 3 rings (SSSR count). The minimum Gasteiger partial charge on any atom is -0.377 e. The summed E-state index contributed by atoms with van der Waals surface area (Å²) in [6.45, 7) is 6.38. The van der Waals surface area contributed by atoms with Crippen molar-refractivity contribution in [1.82, 2.24) is 24.6 Å². The maximum atomic E-state index is 12.8. The number of carbonyl (C=O) groups is 1. The van der Waals surface area contributed by atoms with Gasteiger partial charge in [-0.25, -0.2) is 4.98 Å². The average molecular weight is 303 g/mol. The van der Waals surface area contributed by atoms with Crippen molar-refractivity contribution in [2.75, 3.05) is 19.8 Å². The molecule has 3 heterocycles. The second kappa shape index (κ2) is 6.31. The van der Waals surface area contributed by atoms with E-state index in [1.54, 1.807) is 21.8 Å². The van der Waals surface area contributed by atoms with Crippen molar-refractivity contribution in [3.8, 4) is 0 Å². The fourth-order valence-corrected chi connectivity index (χ4v) is 2.65. The Hall–Kier alpha value is -2.15. The van der Waals surface area contributed by atoms with Gasteiger partial charge in [0.2, 0.25) is 0 Å². The van der Waals surface area contributed by atoms with Crippen LogP contribution in [-0.2, 0) is 11.3 Å². The quantitative estimate of drug-likeness (QED) is 0.929. The first-order chi connectivity index (χ1) is 10.7. The fraction of sp³-hybridized carbons (Fsp3) is 0.533. The second-order valence-corrected chi connectivity index (χ2v) is 5.50. The van der Waals surface area contributed by atoms with E-state index < -0.39 is 0 Å². The molecule has 22 heavy (non-hydrogen) atoms. The van der Waals surface area contributed by atoms with E-state index in [0.29, 0.717) is 25.5 Å². The van der Waals surface area contributed by atoms with E-state index >= 15 is 0 Å². The summed E-state index contributed by atoms with van der Waals surface area (Å²) in [5.41, 5.74) is 1.45. The van der Waals surface area contributed by atoms with Crippen LogP contribution in [0.2, 0.25) is 0 Å². The van der Waals surface area contributed by atoms with E-state index in [2.05, 4.69) is 22.0 Å². The van der Waals surface area contributed by atoms with Crippen molar-refractivity contribution in [3.05, 3.63) is 35.7 Å². The lowest BCUT2D eigenvalue weighted by atomic mass is 10.2. The molecule has 1 aliphatic rings. The lowest BCUT2D eigenvalue weighted by Crippen LogP contribution is -2.44. The number of hydrogen-bond acceptors (Lipinski definition) is 4. The zero-order chi connectivity index (χ0) is 15.5. The van der Waals surface area contributed by atoms with E-state index in [1.165, 1.54) is 0 Å². The lowest BCUT2D eigenvalue weighted by Gasteiger charge is -2.33. The van der Waals surface area contributed by atoms with Gasteiger partial charge in [-0.15, -0.1) is 0 Å². The van der Waals surface area contributed by atoms with E-state index in [9.17, 15) is 4.79 Å². The normalized spacial score (nSPS) is 18.6. The van der Waals surface area contributed by atoms with Crippen LogP contribution in [0.1, 0.15) is 41.4 Å². The van der Waals surface area contributed by atoms with Crippen LogP contribution in [0, 0.1) is 6.92 Å². The van der Waals surface area contributed by atoms with Crippen LogP contribution < -0.4 is 0 Å². The topological polar surface area (TPSA) is 76.0 Å². The number of imidazole rings is 1. The number of aromatic amines is 1. The highest BCUT2D eigenvalue weighted by Crippen LogP contribution is 2.23. The fourth-order valence-electron chi connectivity index (χ4n) is 2.65. The third-order valence-corrected chi connectivity index (χ3v) is 3.74. The van der Waals surface area contributed by atoms with E-state index in [-0.39, 0.29) is 11.9 Å². The van der Waals surface area contributed by atoms with Crippen molar-refractivity contribution in [2.24, 2.45) is 0 Å². The molecule has 118 valence electrons. The highest BCUT2D eigenvalue weighted by molar-refractivity contribution is 5.92. The molecule has 0 unspecified atom stereocenters. The van der Waals surface area contributed by atoms with Gasteiger partial charge in [-0.2, -0.15) is 5.10 Å². The molecule has 0 radical (unpaired) electrons. The molecular weight excluding hydrogens is 282 g/mol. The molecule has 7 nitrogen and oxygen atoms in total. The summed E-state index contributed by atoms with van der Waals surface area (Å²) in [7, 11) is 0. The van der Waals surface area contributed by atoms with Crippen LogP contribution >= 0.6 is 0 Å². The van der Waals surface area contributed by atoms with Crippen LogP contribution in [0.5, 0.6) is 0 Å². The number of morpholine rings is 1. The number of H-pyrrole nitrogens is 1. The Labute approximate surface area is 129 Å². The summed E-state index contributed by atoms with van der Waals surface area (Å²) in [6, 6.07) is 1.59. The van der Waals surface area contributed by atoms with Gasteiger partial charge < -0.3 is 14.6 Å². The molecule has 7 heteroatoms. The van der Waals surface area contributed by atoms with Gasteiger partial charge >= 0.3 is 0 Å². The third-order valence-electron chi connectivity index (χ3n) is 3.74. The maximum Gasteiger partial charge on any atom is 0.275 e. The van der Waals surface area contributed by atoms with Crippen LogP contribution in [0.15, 0.2) is 18.5 Å². The van der Waals surface area contributed by atoms with Crippen LogP contribution in [-0.4, -0.2) is 50.3 Å². The zero-order valence-electron chi connectivity index (χ0n) is 13.0. The Morgan fingerprint density at radius 1 is 1.55 bits per heavy atom. The van der Waals surface area contributed by atoms with E-state index in [1.807, 2.05) is 13.1 Å². The van der Waals surface area contributed by atoms with Gasteiger partial charge in [0.1, 0.15) is 17.6 Å². The Morgan fingerprint density at radius 2 is 2.41 bits per heavy atom. The predicted molar refractivity (Wildman–Crippen MR) is 80.4 cm³/mol. The number of ether oxygens (including phenoxy) is 1. The SMILES string of the molecule is CCCn1ccc(C(=O)N2CCOC[C@@H]2c2ncc(C)[nH]2)n1. The summed E-state index contributed by atoms with van der Waals surface area (Å²) in [6.07, 6.45) is 4.60. The molecule has 1 N–H and O–H groups in total. The lowest BCUT2D eigenvalue weighted by molar-refractivity contribution is -0.00535. The number of hydrogen-bond donors (Lipinski definition) is 1. The number of amides is 1.